The molecule has 0 spiro atoms. The maximum atomic E-state index is 13.8. The summed E-state index contributed by atoms with van der Waals surface area (Å²) in [7, 11) is 0. The van der Waals surface area contributed by atoms with E-state index in [0.29, 0.717) is 24.5 Å². The number of benzene rings is 2. The van der Waals surface area contributed by atoms with Crippen LogP contribution in [0.2, 0.25) is 0 Å². The highest BCUT2D eigenvalue weighted by Gasteiger charge is 2.35. The fourth-order valence-corrected chi connectivity index (χ4v) is 3.78. The molecule has 2 aromatic rings. The lowest BCUT2D eigenvalue weighted by Gasteiger charge is -2.31. The van der Waals surface area contributed by atoms with Crippen molar-refractivity contribution in [1.82, 2.24) is 4.90 Å². The Morgan fingerprint density at radius 3 is 2.33 bits per heavy atom. The van der Waals surface area contributed by atoms with Gasteiger partial charge in [0.2, 0.25) is 5.91 Å². The number of hydrogen-bond acceptors (Lipinski definition) is 2. The summed E-state index contributed by atoms with van der Waals surface area (Å²) in [5.74, 6) is 0.653. The first-order chi connectivity index (χ1) is 14.3. The van der Waals surface area contributed by atoms with E-state index in [9.17, 15) is 13.6 Å². The van der Waals surface area contributed by atoms with E-state index in [1.165, 1.54) is 0 Å². The van der Waals surface area contributed by atoms with Crippen molar-refractivity contribution < 1.29 is 18.3 Å². The lowest BCUT2D eigenvalue weighted by atomic mass is 9.93. The summed E-state index contributed by atoms with van der Waals surface area (Å²) in [6, 6.07) is 16.3. The van der Waals surface area contributed by atoms with Crippen molar-refractivity contribution in [2.24, 2.45) is 5.41 Å². The van der Waals surface area contributed by atoms with E-state index < -0.39 is 11.5 Å². The second-order valence-electron chi connectivity index (χ2n) is 8.79. The van der Waals surface area contributed by atoms with Gasteiger partial charge >= 0.3 is 0 Å². The first kappa shape index (κ1) is 22.0. The Morgan fingerprint density at radius 1 is 1.07 bits per heavy atom. The van der Waals surface area contributed by atoms with Gasteiger partial charge in [-0.1, -0.05) is 63.2 Å². The highest BCUT2D eigenvalue weighted by atomic mass is 19.3. The molecule has 30 heavy (non-hydrogen) atoms. The van der Waals surface area contributed by atoms with E-state index in [2.05, 4.69) is 0 Å². The molecule has 0 aromatic heterocycles. The largest absolute Gasteiger partial charge is 0.489 e. The van der Waals surface area contributed by atoms with Gasteiger partial charge in [-0.3, -0.25) is 4.79 Å². The third kappa shape index (κ3) is 5.47. The van der Waals surface area contributed by atoms with E-state index in [-0.39, 0.29) is 23.9 Å². The molecule has 0 bridgehead atoms. The highest BCUT2D eigenvalue weighted by molar-refractivity contribution is 5.82. The summed E-state index contributed by atoms with van der Waals surface area (Å²) < 4.78 is 33.4. The molecule has 1 aliphatic heterocycles. The Labute approximate surface area is 177 Å². The first-order valence-corrected chi connectivity index (χ1v) is 10.4. The Morgan fingerprint density at radius 2 is 1.73 bits per heavy atom. The predicted molar refractivity (Wildman–Crippen MR) is 115 cm³/mol. The molecule has 1 amide bonds. The molecule has 1 saturated heterocycles. The average molecular weight is 414 g/mol. The number of likely N-dealkylation sites (tertiary alicyclic amines) is 1. The minimum Gasteiger partial charge on any atom is -0.489 e. The number of ether oxygens (including phenoxy) is 1. The zero-order chi connectivity index (χ0) is 21.7. The van der Waals surface area contributed by atoms with Crippen LogP contribution in [0.3, 0.4) is 0 Å². The van der Waals surface area contributed by atoms with Gasteiger partial charge in [0.25, 0.3) is 6.08 Å². The van der Waals surface area contributed by atoms with E-state index in [1.807, 2.05) is 51.1 Å². The average Bonchev–Trinajstić information content (AvgIpc) is 3.18. The second-order valence-corrected chi connectivity index (χ2v) is 8.79. The van der Waals surface area contributed by atoms with Crippen LogP contribution in [0.1, 0.15) is 51.2 Å². The maximum Gasteiger partial charge on any atom is 0.274 e. The van der Waals surface area contributed by atoms with E-state index in [1.54, 1.807) is 29.2 Å². The topological polar surface area (TPSA) is 29.5 Å². The summed E-state index contributed by atoms with van der Waals surface area (Å²) in [4.78, 5) is 14.5. The molecule has 3 nitrogen and oxygen atoms in total. The summed E-state index contributed by atoms with van der Waals surface area (Å²) >= 11 is 0. The second kappa shape index (κ2) is 9.41. The van der Waals surface area contributed by atoms with Crippen LogP contribution in [0.25, 0.3) is 5.57 Å². The minimum atomic E-state index is -1.69. The molecule has 2 aromatic carbocycles. The SMILES string of the molecule is CC(C)(C)C(=O)N1CCC[C@@H]1CC(=C(F)F)c1ccc(OCc2ccccc2)cc1. The van der Waals surface area contributed by atoms with E-state index >= 15 is 0 Å². The molecule has 0 radical (unpaired) electrons. The van der Waals surface area contributed by atoms with Crippen LogP contribution < -0.4 is 4.74 Å². The number of hydrogen-bond donors (Lipinski definition) is 0. The number of nitrogens with zero attached hydrogens (tertiary/aromatic N) is 1. The Kier molecular flexibility index (Phi) is 6.91. The van der Waals surface area contributed by atoms with Crippen molar-refractivity contribution in [3.8, 4) is 5.75 Å². The lowest BCUT2D eigenvalue weighted by molar-refractivity contribution is -0.140. The lowest BCUT2D eigenvalue weighted by Crippen LogP contribution is -2.42. The van der Waals surface area contributed by atoms with Gasteiger partial charge in [0, 0.05) is 23.6 Å². The molecule has 0 aliphatic carbocycles. The van der Waals surface area contributed by atoms with Crippen molar-refractivity contribution in [2.75, 3.05) is 6.54 Å². The van der Waals surface area contributed by atoms with Crippen LogP contribution in [0.5, 0.6) is 5.75 Å². The number of carbonyl (C=O) groups is 1. The van der Waals surface area contributed by atoms with Gasteiger partial charge in [-0.25, -0.2) is 0 Å². The van der Waals surface area contributed by atoms with E-state index in [0.717, 1.165) is 18.4 Å². The standard InChI is InChI=1S/C25H29F2NO2/c1-25(2,3)24(29)28-15-7-10-20(28)16-22(23(26)27)19-11-13-21(14-12-19)30-17-18-8-5-4-6-9-18/h4-6,8-9,11-14,20H,7,10,15-17H2,1-3H3/t20-/m1/s1. The molecule has 1 heterocycles. The summed E-state index contributed by atoms with van der Waals surface area (Å²) in [5, 5.41) is 0. The van der Waals surface area contributed by atoms with Gasteiger partial charge in [-0.05, 0) is 42.5 Å². The van der Waals surface area contributed by atoms with Crippen molar-refractivity contribution in [2.45, 2.75) is 52.7 Å². The van der Waals surface area contributed by atoms with Gasteiger partial charge in [0.05, 0.1) is 0 Å². The van der Waals surface area contributed by atoms with E-state index in [4.69, 9.17) is 4.74 Å². The quantitative estimate of drug-likeness (QED) is 0.556. The van der Waals surface area contributed by atoms with Gasteiger partial charge in [0.15, 0.2) is 0 Å². The Balaban J connectivity index is 1.69. The first-order valence-electron chi connectivity index (χ1n) is 10.4. The zero-order valence-electron chi connectivity index (χ0n) is 17.8. The number of amides is 1. The molecule has 3 rings (SSSR count). The molecule has 0 unspecified atom stereocenters. The predicted octanol–water partition coefficient (Wildman–Crippen LogP) is 6.30. The van der Waals surface area contributed by atoms with Crippen LogP contribution in [0.4, 0.5) is 8.78 Å². The zero-order valence-corrected chi connectivity index (χ0v) is 17.8. The molecule has 160 valence electrons. The van der Waals surface area contributed by atoms with Gasteiger partial charge < -0.3 is 9.64 Å². The summed E-state index contributed by atoms with van der Waals surface area (Å²) in [6.07, 6.45) is 0.0635. The molecule has 1 atom stereocenters. The fourth-order valence-electron chi connectivity index (χ4n) is 3.78. The van der Waals surface area contributed by atoms with Crippen molar-refractivity contribution in [3.63, 3.8) is 0 Å². The van der Waals surface area contributed by atoms with Crippen LogP contribution in [-0.2, 0) is 11.4 Å². The van der Waals surface area contributed by atoms with Crippen molar-refractivity contribution in [1.29, 1.82) is 0 Å². The molecular weight excluding hydrogens is 384 g/mol. The monoisotopic (exact) mass is 413 g/mol. The van der Waals surface area contributed by atoms with Gasteiger partial charge in [-0.15, -0.1) is 0 Å². The summed E-state index contributed by atoms with van der Waals surface area (Å²) in [6.45, 7) is 6.66. The molecule has 0 N–H and O–H groups in total. The van der Waals surface area contributed by atoms with Crippen LogP contribution >= 0.6 is 0 Å². The summed E-state index contributed by atoms with van der Waals surface area (Å²) in [5.41, 5.74) is 1.00. The van der Waals surface area contributed by atoms with Crippen molar-refractivity contribution >= 4 is 11.5 Å². The highest BCUT2D eigenvalue weighted by Crippen LogP contribution is 2.34. The number of halogens is 2. The third-order valence-corrected chi connectivity index (χ3v) is 5.40. The third-order valence-electron chi connectivity index (χ3n) is 5.40. The van der Waals surface area contributed by atoms with Crippen molar-refractivity contribution in [3.05, 3.63) is 71.8 Å². The molecular formula is C25H29F2NO2. The molecule has 0 saturated carbocycles. The number of rotatable bonds is 6. The van der Waals surface area contributed by atoms with Crippen LogP contribution in [0, 0.1) is 5.41 Å². The Bertz CT molecular complexity index is 882. The fraction of sp³-hybridized carbons (Fsp3) is 0.400. The smallest absolute Gasteiger partial charge is 0.274 e. The van der Waals surface area contributed by atoms with Crippen LogP contribution in [0.15, 0.2) is 60.7 Å². The molecule has 1 aliphatic rings. The normalized spacial score (nSPS) is 16.4. The maximum absolute atomic E-state index is 13.8. The van der Waals surface area contributed by atoms with Crippen LogP contribution in [-0.4, -0.2) is 23.4 Å². The minimum absolute atomic E-state index is 0.00298. The van der Waals surface area contributed by atoms with Gasteiger partial charge in [-0.2, -0.15) is 8.78 Å². The van der Waals surface area contributed by atoms with Gasteiger partial charge in [0.1, 0.15) is 12.4 Å². The molecule has 1 fully saturated rings. The Hall–Kier alpha value is -2.69. The molecule has 5 heteroatoms. The number of carbonyl (C=O) groups excluding carboxylic acids is 1.